The average molecular weight is 409 g/mol. The van der Waals surface area contributed by atoms with E-state index in [1.807, 2.05) is 0 Å². The number of methoxy groups -OCH3 is 2. The van der Waals surface area contributed by atoms with Crippen LogP contribution in [0.5, 0.6) is 11.5 Å². The molecule has 8 heteroatoms. The van der Waals surface area contributed by atoms with E-state index in [2.05, 4.69) is 5.32 Å². The van der Waals surface area contributed by atoms with Crippen molar-refractivity contribution in [2.75, 3.05) is 35.9 Å². The zero-order valence-electron chi connectivity index (χ0n) is 16.9. The zero-order chi connectivity index (χ0) is 21.3. The van der Waals surface area contributed by atoms with Gasteiger partial charge in [-0.3, -0.25) is 14.4 Å². The Kier molecular flexibility index (Phi) is 5.31. The summed E-state index contributed by atoms with van der Waals surface area (Å²) in [7, 11) is 3.10. The van der Waals surface area contributed by atoms with Crippen LogP contribution in [0.2, 0.25) is 0 Å². The molecule has 156 valence electrons. The van der Waals surface area contributed by atoms with Crippen molar-refractivity contribution in [1.29, 1.82) is 0 Å². The molecule has 30 heavy (non-hydrogen) atoms. The van der Waals surface area contributed by atoms with Gasteiger partial charge >= 0.3 is 0 Å². The van der Waals surface area contributed by atoms with Crippen LogP contribution in [0.3, 0.4) is 0 Å². The third-order valence-electron chi connectivity index (χ3n) is 5.36. The van der Waals surface area contributed by atoms with Crippen LogP contribution in [0.1, 0.15) is 19.3 Å². The number of hydrogen-bond acceptors (Lipinski definition) is 6. The lowest BCUT2D eigenvalue weighted by molar-refractivity contribution is -0.121. The number of nitrogens with one attached hydrogen (secondary N) is 1. The zero-order valence-corrected chi connectivity index (χ0v) is 16.9. The van der Waals surface area contributed by atoms with Crippen LogP contribution in [0.25, 0.3) is 0 Å². The van der Waals surface area contributed by atoms with Crippen molar-refractivity contribution in [3.05, 3.63) is 42.5 Å². The fourth-order valence-corrected chi connectivity index (χ4v) is 3.84. The molecule has 1 unspecified atom stereocenters. The highest BCUT2D eigenvalue weighted by Gasteiger charge is 2.39. The van der Waals surface area contributed by atoms with Gasteiger partial charge in [-0.15, -0.1) is 0 Å². The molecule has 2 saturated heterocycles. The van der Waals surface area contributed by atoms with Gasteiger partial charge in [0, 0.05) is 24.7 Å². The Balaban J connectivity index is 1.52. The number of carbonyl (C=O) groups is 3. The lowest BCUT2D eigenvalue weighted by atomic mass is 10.2. The smallest absolute Gasteiger partial charge is 0.256 e. The van der Waals surface area contributed by atoms with Crippen LogP contribution in [0.15, 0.2) is 42.5 Å². The molecule has 2 fully saturated rings. The van der Waals surface area contributed by atoms with Crippen molar-refractivity contribution in [2.45, 2.75) is 25.3 Å². The fourth-order valence-electron chi connectivity index (χ4n) is 3.84. The molecule has 1 atom stereocenters. The average Bonchev–Trinajstić information content (AvgIpc) is 3.30. The number of hydrogen-bond donors (Lipinski definition) is 1. The maximum Gasteiger partial charge on any atom is 0.256 e. The molecule has 0 aromatic heterocycles. The molecule has 2 heterocycles. The highest BCUT2D eigenvalue weighted by Crippen LogP contribution is 2.35. The molecule has 0 saturated carbocycles. The second-order valence-corrected chi connectivity index (χ2v) is 7.20. The highest BCUT2D eigenvalue weighted by molar-refractivity contribution is 6.23. The van der Waals surface area contributed by atoms with E-state index in [1.165, 1.54) is 4.90 Å². The number of ether oxygens (including phenoxy) is 2. The van der Waals surface area contributed by atoms with Crippen LogP contribution >= 0.6 is 0 Å². The van der Waals surface area contributed by atoms with E-state index in [1.54, 1.807) is 61.6 Å². The Labute approximate surface area is 174 Å². The SMILES string of the molecule is COc1ccc(N2C(=O)CC(Nc3ccc(N4CCCC4=O)c(OC)c3)C2=O)cc1. The maximum atomic E-state index is 12.9. The first-order valence-corrected chi connectivity index (χ1v) is 9.77. The highest BCUT2D eigenvalue weighted by atomic mass is 16.5. The minimum absolute atomic E-state index is 0.0551. The summed E-state index contributed by atoms with van der Waals surface area (Å²) >= 11 is 0. The van der Waals surface area contributed by atoms with Gasteiger partial charge in [-0.1, -0.05) is 0 Å². The van der Waals surface area contributed by atoms with Gasteiger partial charge in [-0.05, 0) is 42.8 Å². The predicted octanol–water partition coefficient (Wildman–Crippen LogP) is 2.57. The number of nitrogens with zero attached hydrogens (tertiary/aromatic N) is 2. The number of imide groups is 1. The monoisotopic (exact) mass is 409 g/mol. The van der Waals surface area contributed by atoms with Gasteiger partial charge in [-0.2, -0.15) is 0 Å². The summed E-state index contributed by atoms with van der Waals surface area (Å²) in [6.45, 7) is 0.661. The molecular formula is C22H23N3O5. The second-order valence-electron chi connectivity index (χ2n) is 7.20. The molecule has 2 aromatic rings. The molecule has 1 N–H and O–H groups in total. The van der Waals surface area contributed by atoms with Gasteiger partial charge in [0.1, 0.15) is 17.5 Å². The van der Waals surface area contributed by atoms with Crippen LogP contribution in [-0.2, 0) is 14.4 Å². The normalized spacial score (nSPS) is 18.9. The number of amides is 3. The summed E-state index contributed by atoms with van der Waals surface area (Å²) in [6.07, 6.45) is 1.41. The van der Waals surface area contributed by atoms with Crippen LogP contribution < -0.4 is 24.6 Å². The molecule has 3 amide bonds. The third-order valence-corrected chi connectivity index (χ3v) is 5.36. The summed E-state index contributed by atoms with van der Waals surface area (Å²) in [6, 6.07) is 11.4. The third kappa shape index (κ3) is 3.56. The van der Waals surface area contributed by atoms with E-state index >= 15 is 0 Å². The van der Waals surface area contributed by atoms with E-state index < -0.39 is 6.04 Å². The molecule has 4 rings (SSSR count). The minimum Gasteiger partial charge on any atom is -0.497 e. The standard InChI is InChI=1S/C22H23N3O5/c1-29-16-8-6-15(7-9-16)25-21(27)13-17(22(25)28)23-14-5-10-18(19(12-14)30-2)24-11-3-4-20(24)26/h5-10,12,17,23H,3-4,11,13H2,1-2H3. The first-order valence-electron chi connectivity index (χ1n) is 9.77. The van der Waals surface area contributed by atoms with Gasteiger partial charge < -0.3 is 19.7 Å². The maximum absolute atomic E-state index is 12.9. The van der Waals surface area contributed by atoms with Gasteiger partial charge in [0.25, 0.3) is 5.91 Å². The largest absolute Gasteiger partial charge is 0.497 e. The first-order chi connectivity index (χ1) is 14.5. The van der Waals surface area contributed by atoms with Crippen molar-refractivity contribution in [2.24, 2.45) is 0 Å². The van der Waals surface area contributed by atoms with E-state index in [-0.39, 0.29) is 24.1 Å². The number of anilines is 3. The van der Waals surface area contributed by atoms with Crippen molar-refractivity contribution < 1.29 is 23.9 Å². The molecule has 0 radical (unpaired) electrons. The van der Waals surface area contributed by atoms with Crippen LogP contribution in [0.4, 0.5) is 17.1 Å². The Hall–Kier alpha value is -3.55. The van der Waals surface area contributed by atoms with Gasteiger partial charge in [0.05, 0.1) is 32.0 Å². The van der Waals surface area contributed by atoms with E-state index in [0.29, 0.717) is 41.5 Å². The Morgan fingerprint density at radius 2 is 1.73 bits per heavy atom. The van der Waals surface area contributed by atoms with Crippen molar-refractivity contribution >= 4 is 34.8 Å². The lowest BCUT2D eigenvalue weighted by Crippen LogP contribution is -2.34. The predicted molar refractivity (Wildman–Crippen MR) is 112 cm³/mol. The first kappa shape index (κ1) is 19.8. The molecule has 2 aromatic carbocycles. The summed E-state index contributed by atoms with van der Waals surface area (Å²) < 4.78 is 10.6. The van der Waals surface area contributed by atoms with E-state index in [4.69, 9.17) is 9.47 Å². The molecule has 0 spiro atoms. The molecule has 2 aliphatic rings. The fraction of sp³-hybridized carbons (Fsp3) is 0.318. The lowest BCUT2D eigenvalue weighted by Gasteiger charge is -2.21. The molecule has 2 aliphatic heterocycles. The Morgan fingerprint density at radius 1 is 0.967 bits per heavy atom. The van der Waals surface area contributed by atoms with Crippen molar-refractivity contribution in [3.8, 4) is 11.5 Å². The number of benzene rings is 2. The number of rotatable bonds is 6. The van der Waals surface area contributed by atoms with Crippen LogP contribution in [-0.4, -0.2) is 44.5 Å². The summed E-state index contributed by atoms with van der Waals surface area (Å²) in [5.74, 6) is 0.674. The summed E-state index contributed by atoms with van der Waals surface area (Å²) in [4.78, 5) is 40.3. The molecule has 0 bridgehead atoms. The van der Waals surface area contributed by atoms with Gasteiger partial charge in [0.15, 0.2) is 0 Å². The van der Waals surface area contributed by atoms with Gasteiger partial charge in [-0.25, -0.2) is 4.90 Å². The Bertz CT molecular complexity index is 989. The molecular weight excluding hydrogens is 386 g/mol. The van der Waals surface area contributed by atoms with E-state index in [9.17, 15) is 14.4 Å². The number of carbonyl (C=O) groups excluding carboxylic acids is 3. The summed E-state index contributed by atoms with van der Waals surface area (Å²) in [5.41, 5.74) is 1.86. The minimum atomic E-state index is -0.677. The van der Waals surface area contributed by atoms with Gasteiger partial charge in [0.2, 0.25) is 11.8 Å². The summed E-state index contributed by atoms with van der Waals surface area (Å²) in [5, 5.41) is 3.13. The second kappa shape index (κ2) is 8.06. The van der Waals surface area contributed by atoms with Crippen LogP contribution in [0, 0.1) is 0 Å². The topological polar surface area (TPSA) is 88.2 Å². The quantitative estimate of drug-likeness (QED) is 0.738. The van der Waals surface area contributed by atoms with Crippen molar-refractivity contribution in [3.63, 3.8) is 0 Å². The molecule has 8 nitrogen and oxygen atoms in total. The van der Waals surface area contributed by atoms with E-state index in [0.717, 1.165) is 6.42 Å². The van der Waals surface area contributed by atoms with Crippen molar-refractivity contribution in [1.82, 2.24) is 0 Å². The Morgan fingerprint density at radius 3 is 2.37 bits per heavy atom. The molecule has 0 aliphatic carbocycles.